The highest BCUT2D eigenvalue weighted by atomic mass is 19.1. The van der Waals surface area contributed by atoms with Gasteiger partial charge in [0, 0.05) is 7.11 Å². The second-order valence-corrected chi connectivity index (χ2v) is 15.7. The van der Waals surface area contributed by atoms with Crippen molar-refractivity contribution in [1.29, 1.82) is 0 Å². The molecule has 2 fully saturated rings. The van der Waals surface area contributed by atoms with Crippen LogP contribution in [0.15, 0.2) is 72.8 Å². The summed E-state index contributed by atoms with van der Waals surface area (Å²) in [5.74, 6) is -2.59. The summed E-state index contributed by atoms with van der Waals surface area (Å²) in [6.07, 6.45) is -11.5. The van der Waals surface area contributed by atoms with Crippen LogP contribution in [0.4, 0.5) is 8.78 Å². The molecule has 61 heavy (non-hydrogen) atoms. The van der Waals surface area contributed by atoms with E-state index in [1.807, 2.05) is 79.7 Å². The van der Waals surface area contributed by atoms with Crippen LogP contribution < -0.4 is 0 Å². The van der Waals surface area contributed by atoms with Gasteiger partial charge >= 0.3 is 23.9 Å². The fraction of sp³-hybridized carbons (Fsp3) is 0.404. The van der Waals surface area contributed by atoms with Crippen molar-refractivity contribution in [2.45, 2.75) is 105 Å². The van der Waals surface area contributed by atoms with E-state index in [1.165, 1.54) is 7.11 Å². The lowest BCUT2D eigenvalue weighted by molar-refractivity contribution is -0.142. The van der Waals surface area contributed by atoms with E-state index in [0.717, 1.165) is 44.5 Å². The summed E-state index contributed by atoms with van der Waals surface area (Å²) in [6.45, 7) is 14.2. The zero-order chi connectivity index (χ0) is 44.7. The van der Waals surface area contributed by atoms with Crippen molar-refractivity contribution in [3.05, 3.63) is 140 Å². The number of ether oxygens (including phenoxy) is 7. The van der Waals surface area contributed by atoms with Crippen molar-refractivity contribution in [3.8, 4) is 0 Å². The van der Waals surface area contributed by atoms with E-state index in [9.17, 15) is 33.1 Å². The van der Waals surface area contributed by atoms with E-state index in [0.29, 0.717) is 16.7 Å². The molecule has 4 aromatic rings. The maximum Gasteiger partial charge on any atom is 0.338 e. The number of methoxy groups -OCH3 is 1. The number of aliphatic hydroxyl groups excluding tert-OH is 1. The summed E-state index contributed by atoms with van der Waals surface area (Å²) >= 11 is 0. The molecule has 14 heteroatoms. The number of hydrogen-bond donors (Lipinski definition) is 1. The van der Waals surface area contributed by atoms with Crippen molar-refractivity contribution < 1.29 is 66.2 Å². The van der Waals surface area contributed by atoms with Gasteiger partial charge in [-0.1, -0.05) is 68.8 Å². The van der Waals surface area contributed by atoms with E-state index in [-0.39, 0.29) is 18.8 Å². The lowest BCUT2D eigenvalue weighted by Crippen LogP contribution is -2.37. The molecule has 12 nitrogen and oxygen atoms in total. The molecule has 2 heterocycles. The van der Waals surface area contributed by atoms with Crippen LogP contribution in [-0.4, -0.2) is 98.6 Å². The second-order valence-electron chi connectivity index (χ2n) is 15.7. The summed E-state index contributed by atoms with van der Waals surface area (Å²) in [5, 5.41) is 9.74. The van der Waals surface area contributed by atoms with Crippen LogP contribution in [0.5, 0.6) is 0 Å². The molecule has 326 valence electrons. The van der Waals surface area contributed by atoms with Crippen molar-refractivity contribution in [2.24, 2.45) is 0 Å². The molecular formula is C47H52F2O12. The topological polar surface area (TPSA) is 153 Å². The molecule has 0 radical (unpaired) electrons. The first-order valence-electron chi connectivity index (χ1n) is 19.7. The predicted molar refractivity (Wildman–Crippen MR) is 219 cm³/mol. The Morgan fingerprint density at radius 2 is 0.787 bits per heavy atom. The van der Waals surface area contributed by atoms with Gasteiger partial charge in [-0.3, -0.25) is 0 Å². The van der Waals surface area contributed by atoms with E-state index < -0.39 is 73.2 Å². The number of alkyl halides is 2. The Labute approximate surface area is 354 Å². The molecule has 0 amide bonds. The van der Waals surface area contributed by atoms with Crippen molar-refractivity contribution >= 4 is 23.9 Å². The molecule has 2 aliphatic heterocycles. The average molecular weight is 847 g/mol. The van der Waals surface area contributed by atoms with Crippen molar-refractivity contribution in [2.75, 3.05) is 20.3 Å². The minimum atomic E-state index is -1.95. The Morgan fingerprint density at radius 1 is 0.492 bits per heavy atom. The van der Waals surface area contributed by atoms with Gasteiger partial charge in [-0.05, 0) is 104 Å². The van der Waals surface area contributed by atoms with Gasteiger partial charge in [-0.15, -0.1) is 0 Å². The lowest BCUT2D eigenvalue weighted by atomic mass is 10.1. The molecule has 1 N–H and O–H groups in total. The monoisotopic (exact) mass is 846 g/mol. The third kappa shape index (κ3) is 12.3. The summed E-state index contributed by atoms with van der Waals surface area (Å²) in [4.78, 5) is 49.9. The zero-order valence-electron chi connectivity index (χ0n) is 35.7. The number of hydrogen-bond acceptors (Lipinski definition) is 12. The Hall–Kier alpha value is -5.54. The maximum absolute atomic E-state index is 14.8. The van der Waals surface area contributed by atoms with Gasteiger partial charge in [0.2, 0.25) is 0 Å². The number of esters is 4. The molecule has 0 bridgehead atoms. The standard InChI is InChI=1S/C24H27FO6.C23H25FO6/c1-13-6-14(2)9-17(8-13)22(26)29-12-19-21(20(25)24(28-5)30-19)31-23(27)18-10-15(3)7-16(4)11-18;1-12-5-13(2)8-16(7-12)21(25)28-11-18-20(19(24)23(27)29-18)30-22(26)17-9-14(3)6-15(4)10-17/h6-11,19-21,24H,12H2,1-5H3;5-10,18-20,23,27H,11H2,1-4H3/t19-,20+,21-,24?;18-,19+,20-,23?/m11/s1. The van der Waals surface area contributed by atoms with Gasteiger partial charge in [0.1, 0.15) is 25.4 Å². The molecule has 4 aromatic carbocycles. The Balaban J connectivity index is 0.000000231. The van der Waals surface area contributed by atoms with E-state index in [4.69, 9.17) is 33.2 Å². The summed E-state index contributed by atoms with van der Waals surface area (Å²) < 4.78 is 66.2. The first-order chi connectivity index (χ1) is 28.8. The van der Waals surface area contributed by atoms with Gasteiger partial charge in [0.25, 0.3) is 0 Å². The van der Waals surface area contributed by atoms with Gasteiger partial charge in [-0.25, -0.2) is 28.0 Å². The van der Waals surface area contributed by atoms with Gasteiger partial charge in [0.05, 0.1) is 22.3 Å². The molecule has 2 unspecified atom stereocenters. The first kappa shape index (κ1) is 46.5. The van der Waals surface area contributed by atoms with Crippen molar-refractivity contribution in [3.63, 3.8) is 0 Å². The molecule has 6 rings (SSSR count). The molecule has 2 aliphatic rings. The number of rotatable bonds is 11. The SMILES string of the molecule is COC1O[C@H](COC(=O)c2cc(C)cc(C)c2)[C@@H](OC(=O)c2cc(C)cc(C)c2)[C@@H]1F.Cc1cc(C)cc(C(=O)OC[C@H]2OC(O)[C@@H](F)[C@@H]2OC(=O)c2cc(C)cc(C)c2)c1. The van der Waals surface area contributed by atoms with Crippen LogP contribution >= 0.6 is 0 Å². The van der Waals surface area contributed by atoms with Crippen LogP contribution in [-0.2, 0) is 33.2 Å². The minimum absolute atomic E-state index is 0.270. The fourth-order valence-corrected chi connectivity index (χ4v) is 7.35. The third-order valence-electron chi connectivity index (χ3n) is 9.82. The lowest BCUT2D eigenvalue weighted by Gasteiger charge is -2.20. The molecule has 0 aliphatic carbocycles. The van der Waals surface area contributed by atoms with Crippen LogP contribution in [0.25, 0.3) is 0 Å². The van der Waals surface area contributed by atoms with E-state index in [2.05, 4.69) is 0 Å². The second kappa shape index (κ2) is 20.3. The van der Waals surface area contributed by atoms with E-state index in [1.54, 1.807) is 48.5 Å². The maximum atomic E-state index is 14.8. The van der Waals surface area contributed by atoms with Gasteiger partial charge in [-0.2, -0.15) is 0 Å². The number of carbonyl (C=O) groups is 4. The third-order valence-corrected chi connectivity index (χ3v) is 9.82. The number of carbonyl (C=O) groups excluding carboxylic acids is 4. The molecule has 2 saturated heterocycles. The highest BCUT2D eigenvalue weighted by molar-refractivity contribution is 5.91. The fourth-order valence-electron chi connectivity index (χ4n) is 7.35. The van der Waals surface area contributed by atoms with Crippen LogP contribution in [0.3, 0.4) is 0 Å². The zero-order valence-corrected chi connectivity index (χ0v) is 35.7. The first-order valence-corrected chi connectivity index (χ1v) is 19.7. The number of aliphatic hydroxyl groups is 1. The summed E-state index contributed by atoms with van der Waals surface area (Å²) in [5.41, 5.74) is 8.48. The molecule has 0 spiro atoms. The molecule has 0 saturated carbocycles. The van der Waals surface area contributed by atoms with Crippen LogP contribution in [0.1, 0.15) is 85.9 Å². The normalized spacial score (nSPS) is 23.1. The number of halogens is 2. The van der Waals surface area contributed by atoms with Crippen molar-refractivity contribution in [1.82, 2.24) is 0 Å². The van der Waals surface area contributed by atoms with Crippen LogP contribution in [0, 0.1) is 55.4 Å². The number of benzene rings is 4. The summed E-state index contributed by atoms with van der Waals surface area (Å²) in [7, 11) is 1.30. The quantitative estimate of drug-likeness (QED) is 0.119. The Kier molecular flexibility index (Phi) is 15.5. The Morgan fingerprint density at radius 3 is 1.11 bits per heavy atom. The highest BCUT2D eigenvalue weighted by Gasteiger charge is 2.49. The summed E-state index contributed by atoms with van der Waals surface area (Å²) in [6, 6.07) is 21.0. The minimum Gasteiger partial charge on any atom is -0.459 e. The molecule has 0 aromatic heterocycles. The largest absolute Gasteiger partial charge is 0.459 e. The molecule has 8 atom stereocenters. The smallest absolute Gasteiger partial charge is 0.338 e. The van der Waals surface area contributed by atoms with Crippen LogP contribution in [0.2, 0.25) is 0 Å². The average Bonchev–Trinajstić information content (AvgIpc) is 3.63. The number of aryl methyl sites for hydroxylation is 8. The highest BCUT2D eigenvalue weighted by Crippen LogP contribution is 2.30. The van der Waals surface area contributed by atoms with Gasteiger partial charge in [0.15, 0.2) is 37.1 Å². The molecular weight excluding hydrogens is 795 g/mol. The Bertz CT molecular complexity index is 2160. The predicted octanol–water partition coefficient (Wildman–Crippen LogP) is 7.37. The van der Waals surface area contributed by atoms with E-state index >= 15 is 0 Å². The van der Waals surface area contributed by atoms with Gasteiger partial charge < -0.3 is 38.3 Å².